The first-order valence-corrected chi connectivity index (χ1v) is 18.7. The Bertz CT molecular complexity index is 1790. The van der Waals surface area contributed by atoms with Crippen LogP contribution in [0, 0.1) is 31.1 Å². The number of carbonyl (C=O) groups is 5. The van der Waals surface area contributed by atoms with Crippen LogP contribution in [0.2, 0.25) is 0 Å². The van der Waals surface area contributed by atoms with Crippen molar-refractivity contribution in [3.05, 3.63) is 35.5 Å². The number of likely N-dealkylation sites (tertiary alicyclic amines) is 1. The second kappa shape index (κ2) is 27.2. The summed E-state index contributed by atoms with van der Waals surface area (Å²) in [5.74, 6) is -0.859. The minimum Gasteiger partial charge on any atom is -0.480 e. The number of carboxylic acid groups (broad SMARTS) is 1. The number of imidazole rings is 1. The van der Waals surface area contributed by atoms with Crippen molar-refractivity contribution in [3.8, 4) is 6.07 Å². The predicted octanol–water partition coefficient (Wildman–Crippen LogP) is -0.0380. The fourth-order valence-electron chi connectivity index (χ4n) is 4.99. The van der Waals surface area contributed by atoms with Crippen molar-refractivity contribution >= 4 is 54.8 Å². The molecule has 3 fully saturated rings. The van der Waals surface area contributed by atoms with Crippen LogP contribution in [-0.4, -0.2) is 131 Å². The number of rotatable bonds is 9. The second-order valence-corrected chi connectivity index (χ2v) is 13.4. The number of aromatic nitrogens is 2. The normalized spacial score (nSPS) is 20.1. The van der Waals surface area contributed by atoms with E-state index in [-0.39, 0.29) is 48.3 Å². The van der Waals surface area contributed by atoms with Gasteiger partial charge in [-0.3, -0.25) is 24.8 Å². The number of β-lactam (4-membered cyclic amide) rings is 1. The number of hydrogen-bond donors (Lipinski definition) is 6. The third-order valence-corrected chi connectivity index (χ3v) is 8.61. The SMILES string of the molecule is CC(=O)NCC(=O)O.COC(=O)CN=C=O.COC(=O)[NH+]1CCC1=O.COCC1OC(n2cnc3cc(C)c(C)cc32)C(O)C1OP(=O)(O)O.N#C[C-]1CCCC1.[Co]. The number of aliphatic imine (C=N–C) groups is 1. The number of fused-ring (bicyclic) bond motifs is 1. The first-order valence-electron chi connectivity index (χ1n) is 17.1. The summed E-state index contributed by atoms with van der Waals surface area (Å²) >= 11 is 0. The summed E-state index contributed by atoms with van der Waals surface area (Å²) < 4.78 is 36.8. The molecule has 2 aromatic rings. The van der Waals surface area contributed by atoms with Gasteiger partial charge >= 0.3 is 31.8 Å². The van der Waals surface area contributed by atoms with Crippen LogP contribution in [0.3, 0.4) is 0 Å². The number of benzene rings is 1. The molecule has 3 heterocycles. The molecule has 3 amide bonds. The van der Waals surface area contributed by atoms with Gasteiger partial charge in [-0.15, -0.1) is 6.07 Å². The number of carbonyl (C=O) groups excluding carboxylic acids is 5. The van der Waals surface area contributed by atoms with Crippen LogP contribution in [0.1, 0.15) is 56.4 Å². The molecular weight excluding hydrogens is 838 g/mol. The number of isocyanates is 1. The maximum Gasteiger partial charge on any atom is 0.521 e. The van der Waals surface area contributed by atoms with E-state index in [1.165, 1.54) is 53.5 Å². The minimum absolute atomic E-state index is 0. The van der Waals surface area contributed by atoms with Crippen molar-refractivity contribution in [2.75, 3.05) is 47.6 Å². The molecule has 6 N–H and O–H groups in total. The molecule has 3 aliphatic rings. The topological polar surface area (TPSA) is 317 Å². The van der Waals surface area contributed by atoms with E-state index in [9.17, 15) is 38.4 Å². The third kappa shape index (κ3) is 18.8. The maximum absolute atomic E-state index is 11.2. The van der Waals surface area contributed by atoms with Crippen LogP contribution in [-0.2, 0) is 68.8 Å². The van der Waals surface area contributed by atoms with Gasteiger partial charge in [0.2, 0.25) is 12.0 Å². The number of esters is 1. The van der Waals surface area contributed by atoms with E-state index in [0.29, 0.717) is 17.9 Å². The Morgan fingerprint density at radius 1 is 1.14 bits per heavy atom. The first kappa shape index (κ1) is 53.4. The van der Waals surface area contributed by atoms with E-state index >= 15 is 0 Å². The largest absolute Gasteiger partial charge is 0.521 e. The average molecular weight is 888 g/mol. The molecule has 24 heteroatoms. The zero-order valence-electron chi connectivity index (χ0n) is 32.7. The summed E-state index contributed by atoms with van der Waals surface area (Å²) in [5.41, 5.74) is 3.63. The molecule has 58 heavy (non-hydrogen) atoms. The molecule has 5 atom stereocenters. The van der Waals surface area contributed by atoms with Gasteiger partial charge in [0.1, 0.15) is 44.4 Å². The number of aliphatic hydroxyl groups excluding tert-OH is 1. The molecule has 1 aromatic carbocycles. The van der Waals surface area contributed by atoms with Crippen LogP contribution in [0.25, 0.3) is 11.0 Å². The number of ether oxygens (including phenoxy) is 4. The van der Waals surface area contributed by atoms with Crippen molar-refractivity contribution in [1.82, 2.24) is 14.9 Å². The molecule has 2 aliphatic heterocycles. The van der Waals surface area contributed by atoms with Crippen molar-refractivity contribution in [2.45, 2.75) is 77.4 Å². The summed E-state index contributed by atoms with van der Waals surface area (Å²) in [6.07, 6.45) is 3.13. The Morgan fingerprint density at radius 2 is 1.76 bits per heavy atom. The van der Waals surface area contributed by atoms with Gasteiger partial charge in [0.05, 0.1) is 38.2 Å². The fraction of sp³-hybridized carbons (Fsp3) is 0.559. The molecule has 22 nitrogen and oxygen atoms in total. The van der Waals surface area contributed by atoms with Gasteiger partial charge < -0.3 is 48.8 Å². The Hall–Kier alpha value is -4.56. The molecular formula is C34H49CoN6O16P. The predicted molar refractivity (Wildman–Crippen MR) is 194 cm³/mol. The number of imide groups is 1. The van der Waals surface area contributed by atoms with Crippen molar-refractivity contribution in [2.24, 2.45) is 4.99 Å². The van der Waals surface area contributed by atoms with Gasteiger partial charge in [-0.25, -0.2) is 24.4 Å². The van der Waals surface area contributed by atoms with E-state index in [1.54, 1.807) is 4.57 Å². The number of aryl methyl sites for hydroxylation is 2. The molecule has 1 aliphatic carbocycles. The van der Waals surface area contributed by atoms with E-state index in [4.69, 9.17) is 34.2 Å². The zero-order valence-corrected chi connectivity index (χ0v) is 34.6. The standard InChI is InChI=1S/C15H21N2O7P.C6H8N.C5H7NO3.C4H5NO3.C4H7NO3.Co/c1-8-4-10-11(5-9(8)2)17(7-16-10)15-13(18)14(24-25(19,20)21)12(23-15)6-22-3;7-5-6-3-1-2-4-6;1-9-5(8)6-3-2-4(6)7;1-8-4(7)2-5-3-6;1-3(6)5-2-4(7)8;/h4-5,7,12-15,18H,6H2,1-3H3,(H2,19,20,21);1-4H2;2-3H2,1H3;2H2,1H3;2H2,1H3,(H,5,6)(H,7,8);/q;-1;;;;/p+1. The van der Waals surface area contributed by atoms with Gasteiger partial charge in [-0.05, 0) is 37.1 Å². The van der Waals surface area contributed by atoms with Gasteiger partial charge in [0.15, 0.2) is 6.23 Å². The maximum atomic E-state index is 11.2. The van der Waals surface area contributed by atoms with Crippen LogP contribution in [0.15, 0.2) is 23.5 Å². The number of nitrogens with one attached hydrogen (secondary N) is 2. The number of hydrogen-bond acceptors (Lipinski definition) is 16. The van der Waals surface area contributed by atoms with Gasteiger partial charge in [-0.1, -0.05) is 12.8 Å². The quantitative estimate of drug-likeness (QED) is 0.0481. The smallest absolute Gasteiger partial charge is 0.480 e. The van der Waals surface area contributed by atoms with Crippen LogP contribution < -0.4 is 10.2 Å². The molecule has 1 saturated carbocycles. The summed E-state index contributed by atoms with van der Waals surface area (Å²) in [5, 5.41) is 28.9. The number of nitrogens with zero attached hydrogens (tertiary/aromatic N) is 4. The van der Waals surface area contributed by atoms with E-state index < -0.39 is 50.4 Å². The molecule has 5 rings (SSSR count). The summed E-state index contributed by atoms with van der Waals surface area (Å²) in [7, 11) is -0.869. The molecule has 0 spiro atoms. The van der Waals surface area contributed by atoms with E-state index in [1.807, 2.05) is 26.0 Å². The number of phosphoric acid groups is 1. The van der Waals surface area contributed by atoms with Crippen molar-refractivity contribution in [1.29, 1.82) is 5.26 Å². The Labute approximate surface area is 344 Å². The van der Waals surface area contributed by atoms with Gasteiger partial charge in [0, 0.05) is 30.8 Å². The second-order valence-electron chi connectivity index (χ2n) is 12.3. The van der Waals surface area contributed by atoms with Crippen LogP contribution in [0.5, 0.6) is 0 Å². The molecule has 1 aromatic heterocycles. The number of methoxy groups -OCH3 is 3. The van der Waals surface area contributed by atoms with Crippen molar-refractivity contribution < 1.29 is 98.5 Å². The van der Waals surface area contributed by atoms with Gasteiger partial charge in [0.25, 0.3) is 0 Å². The van der Waals surface area contributed by atoms with Gasteiger partial charge in [-0.2, -0.15) is 27.5 Å². The van der Waals surface area contributed by atoms with E-state index in [0.717, 1.165) is 40.9 Å². The van der Waals surface area contributed by atoms with Crippen LogP contribution in [0.4, 0.5) is 4.79 Å². The molecule has 325 valence electrons. The monoisotopic (exact) mass is 887 g/mol. The number of alkyl carbamates (subject to hydrolysis) is 2. The summed E-state index contributed by atoms with van der Waals surface area (Å²) in [4.78, 5) is 85.9. The third-order valence-electron chi connectivity index (χ3n) is 8.09. The van der Waals surface area contributed by atoms with E-state index in [2.05, 4.69) is 30.8 Å². The Balaban J connectivity index is 0.000000809. The number of aliphatic carboxylic acids is 1. The number of phosphoric ester groups is 1. The minimum atomic E-state index is -4.80. The number of nitriles is 1. The fourth-order valence-corrected chi connectivity index (χ4v) is 5.57. The molecule has 0 bridgehead atoms. The average Bonchev–Trinajstić information content (AvgIpc) is 3.90. The molecule has 5 unspecified atom stereocenters. The molecule has 1 radical (unpaired) electrons. The molecule has 2 saturated heterocycles. The Morgan fingerprint density at radius 3 is 2.16 bits per heavy atom. The van der Waals surface area contributed by atoms with Crippen LogP contribution >= 0.6 is 7.82 Å². The Kier molecular flexibility index (Phi) is 25.0. The zero-order chi connectivity index (χ0) is 43.3. The number of aliphatic hydroxyl groups is 1. The number of amides is 3. The van der Waals surface area contributed by atoms with Crippen molar-refractivity contribution in [3.63, 3.8) is 0 Å². The summed E-state index contributed by atoms with van der Waals surface area (Å²) in [6, 6.07) is 6.04. The summed E-state index contributed by atoms with van der Waals surface area (Å²) in [6.45, 7) is 5.28. The number of quaternary nitrogens is 1. The first-order chi connectivity index (χ1) is 26.8. The number of carboxylic acids is 1.